The van der Waals surface area contributed by atoms with Gasteiger partial charge in [0.2, 0.25) is 5.89 Å². The van der Waals surface area contributed by atoms with Gasteiger partial charge in [0.15, 0.2) is 0 Å². The molecule has 10 nitrogen and oxygen atoms in total. The maximum atomic E-state index is 12.5. The molecular formula is C26H28N8O2. The summed E-state index contributed by atoms with van der Waals surface area (Å²) in [6, 6.07) is 8.14. The number of nitrogens with zero attached hydrogens (tertiary/aromatic N) is 7. The predicted octanol–water partition coefficient (Wildman–Crippen LogP) is 4.20. The molecule has 0 fully saturated rings. The van der Waals surface area contributed by atoms with Gasteiger partial charge in [-0.3, -0.25) is 9.48 Å². The Hall–Kier alpha value is -4.34. The van der Waals surface area contributed by atoms with Crippen molar-refractivity contribution >= 4 is 11.4 Å². The first-order chi connectivity index (χ1) is 17.2. The average Bonchev–Trinajstić information content (AvgIpc) is 3.61. The minimum absolute atomic E-state index is 0.0334. The summed E-state index contributed by atoms with van der Waals surface area (Å²) in [6.45, 7) is 11.1. The van der Waals surface area contributed by atoms with Crippen LogP contribution in [0.5, 0.6) is 0 Å². The minimum atomic E-state index is -0.373. The van der Waals surface area contributed by atoms with Crippen LogP contribution < -0.4 is 5.32 Å². The van der Waals surface area contributed by atoms with Gasteiger partial charge in [-0.25, -0.2) is 9.50 Å². The van der Waals surface area contributed by atoms with Gasteiger partial charge in [0, 0.05) is 47.6 Å². The number of amides is 1. The van der Waals surface area contributed by atoms with Crippen molar-refractivity contribution in [2.24, 2.45) is 0 Å². The number of nitrogens with one attached hydrogen (secondary N) is 1. The third kappa shape index (κ3) is 4.49. The third-order valence-electron chi connectivity index (χ3n) is 6.02. The number of fused-ring (bicyclic) bond motifs is 1. The Bertz CT molecular complexity index is 1550. The molecule has 0 radical (unpaired) electrons. The van der Waals surface area contributed by atoms with E-state index in [2.05, 4.69) is 49.7 Å². The Labute approximate surface area is 208 Å². The molecule has 1 aromatic carbocycles. The Morgan fingerprint density at radius 2 is 1.92 bits per heavy atom. The molecular weight excluding hydrogens is 456 g/mol. The molecule has 0 bridgehead atoms. The third-order valence-corrected chi connectivity index (χ3v) is 6.02. The fourth-order valence-electron chi connectivity index (χ4n) is 3.91. The molecule has 0 spiro atoms. The summed E-state index contributed by atoms with van der Waals surface area (Å²) in [4.78, 5) is 21.3. The van der Waals surface area contributed by atoms with Crippen LogP contribution in [0.1, 0.15) is 55.3 Å². The van der Waals surface area contributed by atoms with Crippen molar-refractivity contribution in [3.63, 3.8) is 0 Å². The zero-order valence-electron chi connectivity index (χ0n) is 21.0. The van der Waals surface area contributed by atoms with Gasteiger partial charge in [-0.1, -0.05) is 38.1 Å². The van der Waals surface area contributed by atoms with E-state index in [1.54, 1.807) is 6.33 Å². The molecule has 1 N–H and O–H groups in total. The zero-order valence-corrected chi connectivity index (χ0v) is 21.0. The second-order valence-electron chi connectivity index (χ2n) is 9.75. The van der Waals surface area contributed by atoms with E-state index >= 15 is 0 Å². The van der Waals surface area contributed by atoms with Gasteiger partial charge in [0.1, 0.15) is 6.33 Å². The number of carbonyl (C=O) groups excluding carboxylic acids is 1. The Morgan fingerprint density at radius 1 is 1.08 bits per heavy atom. The lowest BCUT2D eigenvalue weighted by molar-refractivity contribution is 0.0937. The number of benzene rings is 1. The SMILES string of the molecule is CCn1cc(-c2cc3c(-c4ccc(CNC(=O)c5noc(C(C)(C)C)n5)c(C)c4)ncnn3c2)cn1. The predicted molar refractivity (Wildman–Crippen MR) is 134 cm³/mol. The van der Waals surface area contributed by atoms with E-state index in [9.17, 15) is 4.79 Å². The molecule has 1 amide bonds. The highest BCUT2D eigenvalue weighted by Crippen LogP contribution is 2.29. The van der Waals surface area contributed by atoms with E-state index in [0.717, 1.165) is 45.6 Å². The number of hydrogen-bond acceptors (Lipinski definition) is 7. The van der Waals surface area contributed by atoms with Crippen LogP contribution in [0.3, 0.4) is 0 Å². The number of aromatic nitrogens is 7. The van der Waals surface area contributed by atoms with Crippen molar-refractivity contribution in [1.82, 2.24) is 39.8 Å². The van der Waals surface area contributed by atoms with Crippen molar-refractivity contribution in [3.05, 3.63) is 72.0 Å². The van der Waals surface area contributed by atoms with Gasteiger partial charge in [0.05, 0.1) is 17.4 Å². The molecule has 0 atom stereocenters. The van der Waals surface area contributed by atoms with Gasteiger partial charge in [-0.2, -0.15) is 15.2 Å². The van der Waals surface area contributed by atoms with Crippen LogP contribution in [0.15, 0.2) is 53.7 Å². The monoisotopic (exact) mass is 484 g/mol. The quantitative estimate of drug-likeness (QED) is 0.384. The van der Waals surface area contributed by atoms with Gasteiger partial charge in [-0.05, 0) is 37.1 Å². The van der Waals surface area contributed by atoms with Crippen LogP contribution in [0, 0.1) is 6.92 Å². The summed E-state index contributed by atoms with van der Waals surface area (Å²) in [5.74, 6) is 0.0884. The molecule has 0 aliphatic rings. The van der Waals surface area contributed by atoms with E-state index in [4.69, 9.17) is 4.52 Å². The summed E-state index contributed by atoms with van der Waals surface area (Å²) in [6.07, 6.45) is 7.42. The number of aryl methyl sites for hydroxylation is 2. The van der Waals surface area contributed by atoms with Gasteiger partial charge >= 0.3 is 0 Å². The van der Waals surface area contributed by atoms with Gasteiger partial charge < -0.3 is 9.84 Å². The molecule has 5 aromatic rings. The molecule has 5 rings (SSSR count). The highest BCUT2D eigenvalue weighted by molar-refractivity contribution is 5.90. The first kappa shape index (κ1) is 23.4. The summed E-state index contributed by atoms with van der Waals surface area (Å²) in [7, 11) is 0. The molecule has 0 aliphatic carbocycles. The maximum Gasteiger partial charge on any atom is 0.292 e. The molecule has 0 saturated carbocycles. The van der Waals surface area contributed by atoms with Crippen LogP contribution in [-0.2, 0) is 18.5 Å². The van der Waals surface area contributed by atoms with Crippen molar-refractivity contribution in [2.75, 3.05) is 0 Å². The highest BCUT2D eigenvalue weighted by atomic mass is 16.5. The molecule has 0 aliphatic heterocycles. The fraction of sp³-hybridized carbons (Fsp3) is 0.308. The summed E-state index contributed by atoms with van der Waals surface area (Å²) in [5.41, 5.74) is 6.47. The first-order valence-corrected chi connectivity index (χ1v) is 11.8. The molecule has 184 valence electrons. The number of hydrogen-bond donors (Lipinski definition) is 1. The second-order valence-corrected chi connectivity index (χ2v) is 9.75. The van der Waals surface area contributed by atoms with Gasteiger partial charge in [-0.15, -0.1) is 0 Å². The van der Waals surface area contributed by atoms with Gasteiger partial charge in [0.25, 0.3) is 11.7 Å². The number of carbonyl (C=O) groups is 1. The largest absolute Gasteiger partial charge is 0.345 e. The molecule has 10 heteroatoms. The maximum absolute atomic E-state index is 12.5. The van der Waals surface area contributed by atoms with Crippen molar-refractivity contribution < 1.29 is 9.32 Å². The topological polar surface area (TPSA) is 116 Å². The van der Waals surface area contributed by atoms with Crippen LogP contribution in [0.4, 0.5) is 0 Å². The van der Waals surface area contributed by atoms with E-state index in [1.165, 1.54) is 0 Å². The minimum Gasteiger partial charge on any atom is -0.345 e. The zero-order chi connectivity index (χ0) is 25.4. The Kier molecular flexibility index (Phi) is 5.87. The van der Waals surface area contributed by atoms with E-state index in [-0.39, 0.29) is 17.1 Å². The lowest BCUT2D eigenvalue weighted by Gasteiger charge is -2.10. The standard InChI is InChI=1S/C26H28N8O2/c1-6-33-13-20(12-29-33)19-10-21-22(28-15-30-34(21)14-19)17-7-8-18(16(2)9-17)11-27-24(35)23-31-25(36-32-23)26(3,4)5/h7-10,12-15H,6,11H2,1-5H3,(H,27,35). The van der Waals surface area contributed by atoms with Crippen molar-refractivity contribution in [3.8, 4) is 22.4 Å². The van der Waals surface area contributed by atoms with Crippen LogP contribution in [0.25, 0.3) is 27.9 Å². The van der Waals surface area contributed by atoms with Crippen LogP contribution >= 0.6 is 0 Å². The van der Waals surface area contributed by atoms with E-state index < -0.39 is 0 Å². The molecule has 0 saturated heterocycles. The van der Waals surface area contributed by atoms with Crippen molar-refractivity contribution in [1.29, 1.82) is 0 Å². The summed E-state index contributed by atoms with van der Waals surface area (Å²) in [5, 5.41) is 15.4. The molecule has 4 heterocycles. The van der Waals surface area contributed by atoms with Crippen molar-refractivity contribution in [2.45, 2.75) is 53.1 Å². The summed E-state index contributed by atoms with van der Waals surface area (Å²) >= 11 is 0. The van der Waals surface area contributed by atoms with Crippen LogP contribution in [-0.4, -0.2) is 40.4 Å². The highest BCUT2D eigenvalue weighted by Gasteiger charge is 2.24. The molecule has 0 unspecified atom stereocenters. The lowest BCUT2D eigenvalue weighted by Crippen LogP contribution is -2.24. The fourth-order valence-corrected chi connectivity index (χ4v) is 3.91. The second kappa shape index (κ2) is 9.03. The Balaban J connectivity index is 1.36. The molecule has 4 aromatic heterocycles. The molecule has 36 heavy (non-hydrogen) atoms. The lowest BCUT2D eigenvalue weighted by atomic mass is 9.97. The van der Waals surface area contributed by atoms with E-state index in [1.807, 2.05) is 67.6 Å². The van der Waals surface area contributed by atoms with E-state index in [0.29, 0.717) is 12.4 Å². The smallest absolute Gasteiger partial charge is 0.292 e. The van der Waals surface area contributed by atoms with Crippen LogP contribution in [0.2, 0.25) is 0 Å². The normalized spacial score (nSPS) is 11.8. The first-order valence-electron chi connectivity index (χ1n) is 11.8. The average molecular weight is 485 g/mol. The Morgan fingerprint density at radius 3 is 2.61 bits per heavy atom. The number of rotatable bonds is 6. The summed E-state index contributed by atoms with van der Waals surface area (Å²) < 4.78 is 8.95.